The Bertz CT molecular complexity index is 376. The Morgan fingerprint density at radius 3 is 2.72 bits per heavy atom. The molecule has 18 heavy (non-hydrogen) atoms. The minimum Gasteiger partial charge on any atom is -0.376 e. The largest absolute Gasteiger partial charge is 0.376 e. The van der Waals surface area contributed by atoms with Crippen LogP contribution >= 0.6 is 15.9 Å². The van der Waals surface area contributed by atoms with Gasteiger partial charge in [-0.15, -0.1) is 0 Å². The summed E-state index contributed by atoms with van der Waals surface area (Å²) in [5, 5.41) is 7.96. The topological polar surface area (TPSA) is 39.1 Å². The fourth-order valence-corrected chi connectivity index (χ4v) is 3.28. The van der Waals surface area contributed by atoms with Crippen molar-refractivity contribution in [1.29, 1.82) is 0 Å². The van der Waals surface area contributed by atoms with Gasteiger partial charge in [-0.3, -0.25) is 4.68 Å². The lowest BCUT2D eigenvalue weighted by Gasteiger charge is -2.46. The summed E-state index contributed by atoms with van der Waals surface area (Å²) in [6, 6.07) is 0.207. The number of hydrogen-bond donors (Lipinski definition) is 1. The minimum absolute atomic E-state index is 0.0640. The third-order valence-corrected chi connectivity index (χ3v) is 4.55. The number of methoxy groups -OCH3 is 1. The Kier molecular flexibility index (Phi) is 4.45. The van der Waals surface area contributed by atoms with Gasteiger partial charge in [-0.2, -0.15) is 5.10 Å². The number of nitrogens with zero attached hydrogens (tertiary/aromatic N) is 2. The van der Waals surface area contributed by atoms with Crippen LogP contribution in [-0.4, -0.2) is 29.0 Å². The van der Waals surface area contributed by atoms with E-state index in [1.54, 1.807) is 0 Å². The first kappa shape index (κ1) is 14.0. The molecule has 1 aliphatic rings. The van der Waals surface area contributed by atoms with Crippen molar-refractivity contribution in [3.8, 4) is 0 Å². The van der Waals surface area contributed by atoms with E-state index in [9.17, 15) is 0 Å². The molecule has 1 atom stereocenters. The lowest BCUT2D eigenvalue weighted by atomic mass is 9.73. The average molecular weight is 316 g/mol. The van der Waals surface area contributed by atoms with E-state index in [0.717, 1.165) is 30.3 Å². The molecule has 1 heterocycles. The zero-order valence-electron chi connectivity index (χ0n) is 11.4. The SMILES string of the molecule is CCCNC(c1c(Br)cnn1C)C1(OC)CCC1. The number of rotatable bonds is 6. The minimum atomic E-state index is -0.0640. The first-order valence-corrected chi connectivity index (χ1v) is 7.40. The Morgan fingerprint density at radius 2 is 2.33 bits per heavy atom. The van der Waals surface area contributed by atoms with Crippen LogP contribution in [0.1, 0.15) is 44.3 Å². The molecule has 0 aromatic carbocycles. The molecule has 0 bridgehead atoms. The highest BCUT2D eigenvalue weighted by atomic mass is 79.9. The first-order valence-electron chi connectivity index (χ1n) is 6.60. The van der Waals surface area contributed by atoms with Gasteiger partial charge in [0, 0.05) is 14.2 Å². The van der Waals surface area contributed by atoms with E-state index >= 15 is 0 Å². The van der Waals surface area contributed by atoms with Crippen LogP contribution in [0.25, 0.3) is 0 Å². The van der Waals surface area contributed by atoms with E-state index in [1.165, 1.54) is 12.1 Å². The standard InChI is InChI=1S/C13H22BrN3O/c1-4-8-15-12(13(18-3)6-5-7-13)11-10(14)9-16-17(11)2/h9,12,15H,4-8H2,1-3H3. The van der Waals surface area contributed by atoms with Crippen molar-refractivity contribution < 1.29 is 4.74 Å². The summed E-state index contributed by atoms with van der Waals surface area (Å²) >= 11 is 3.61. The highest BCUT2D eigenvalue weighted by molar-refractivity contribution is 9.10. The molecule has 1 N–H and O–H groups in total. The molecule has 0 saturated heterocycles. The number of ether oxygens (including phenoxy) is 1. The number of halogens is 1. The summed E-state index contributed by atoms with van der Waals surface area (Å²) < 4.78 is 8.84. The quantitative estimate of drug-likeness (QED) is 0.877. The Morgan fingerprint density at radius 1 is 1.61 bits per heavy atom. The van der Waals surface area contributed by atoms with Crippen LogP contribution in [0.15, 0.2) is 10.7 Å². The van der Waals surface area contributed by atoms with Gasteiger partial charge in [0.05, 0.1) is 28.0 Å². The maximum Gasteiger partial charge on any atom is 0.0888 e. The number of nitrogens with one attached hydrogen (secondary N) is 1. The summed E-state index contributed by atoms with van der Waals surface area (Å²) in [4.78, 5) is 0. The maximum absolute atomic E-state index is 5.84. The zero-order valence-corrected chi connectivity index (χ0v) is 13.0. The van der Waals surface area contributed by atoms with Gasteiger partial charge in [0.25, 0.3) is 0 Å². The van der Waals surface area contributed by atoms with Gasteiger partial charge < -0.3 is 10.1 Å². The molecule has 1 aromatic heterocycles. The second kappa shape index (κ2) is 5.72. The summed E-state index contributed by atoms with van der Waals surface area (Å²) in [6.45, 7) is 3.18. The van der Waals surface area contributed by atoms with E-state index < -0.39 is 0 Å². The van der Waals surface area contributed by atoms with Gasteiger partial charge in [-0.05, 0) is 48.2 Å². The van der Waals surface area contributed by atoms with Crippen molar-refractivity contribution in [3.05, 3.63) is 16.4 Å². The molecule has 1 aliphatic carbocycles. The summed E-state index contributed by atoms with van der Waals surface area (Å²) in [5.41, 5.74) is 1.12. The van der Waals surface area contributed by atoms with E-state index in [2.05, 4.69) is 33.3 Å². The lowest BCUT2D eigenvalue weighted by Crippen LogP contribution is -2.51. The van der Waals surface area contributed by atoms with Gasteiger partial charge in [-0.25, -0.2) is 0 Å². The van der Waals surface area contributed by atoms with Crippen LogP contribution in [0.2, 0.25) is 0 Å². The van der Waals surface area contributed by atoms with Crippen molar-refractivity contribution in [2.24, 2.45) is 7.05 Å². The smallest absolute Gasteiger partial charge is 0.0888 e. The van der Waals surface area contributed by atoms with Crippen LogP contribution in [0, 0.1) is 0 Å². The highest BCUT2D eigenvalue weighted by Crippen LogP contribution is 2.46. The predicted octanol–water partition coefficient (Wildman–Crippen LogP) is 2.79. The van der Waals surface area contributed by atoms with Crippen LogP contribution < -0.4 is 5.32 Å². The molecule has 102 valence electrons. The fourth-order valence-electron chi connectivity index (χ4n) is 2.70. The second-order valence-corrected chi connectivity index (χ2v) is 5.87. The van der Waals surface area contributed by atoms with Crippen molar-refractivity contribution >= 4 is 15.9 Å². The third-order valence-electron chi connectivity index (χ3n) is 3.94. The van der Waals surface area contributed by atoms with Gasteiger partial charge in [0.1, 0.15) is 0 Å². The van der Waals surface area contributed by atoms with Gasteiger partial charge >= 0.3 is 0 Å². The summed E-state index contributed by atoms with van der Waals surface area (Å²) in [7, 11) is 3.81. The lowest BCUT2D eigenvalue weighted by molar-refractivity contribution is -0.101. The molecule has 5 heteroatoms. The number of aryl methyl sites for hydroxylation is 1. The molecule has 0 amide bonds. The van der Waals surface area contributed by atoms with Crippen molar-refractivity contribution in [2.45, 2.75) is 44.2 Å². The molecular weight excluding hydrogens is 294 g/mol. The predicted molar refractivity (Wildman–Crippen MR) is 75.5 cm³/mol. The average Bonchev–Trinajstić information content (AvgIpc) is 2.63. The van der Waals surface area contributed by atoms with Crippen LogP contribution in [0.4, 0.5) is 0 Å². The van der Waals surface area contributed by atoms with Crippen LogP contribution in [0.3, 0.4) is 0 Å². The summed E-state index contributed by atoms with van der Waals surface area (Å²) in [6.07, 6.45) is 6.45. The Hall–Kier alpha value is -0.390. The molecular formula is C13H22BrN3O. The molecule has 1 unspecified atom stereocenters. The van der Waals surface area contributed by atoms with E-state index in [4.69, 9.17) is 4.74 Å². The van der Waals surface area contributed by atoms with Crippen molar-refractivity contribution in [3.63, 3.8) is 0 Å². The van der Waals surface area contributed by atoms with E-state index in [0.29, 0.717) is 0 Å². The molecule has 2 rings (SSSR count). The molecule has 4 nitrogen and oxygen atoms in total. The van der Waals surface area contributed by atoms with Crippen LogP contribution in [0.5, 0.6) is 0 Å². The molecule has 1 saturated carbocycles. The highest BCUT2D eigenvalue weighted by Gasteiger charge is 2.46. The van der Waals surface area contributed by atoms with E-state index in [-0.39, 0.29) is 11.6 Å². The van der Waals surface area contributed by atoms with Gasteiger partial charge in [0.2, 0.25) is 0 Å². The molecule has 0 spiro atoms. The molecule has 0 aliphatic heterocycles. The van der Waals surface area contributed by atoms with Crippen LogP contribution in [-0.2, 0) is 11.8 Å². The number of aromatic nitrogens is 2. The second-order valence-electron chi connectivity index (χ2n) is 5.01. The normalized spacial score (nSPS) is 19.6. The van der Waals surface area contributed by atoms with Gasteiger partial charge in [-0.1, -0.05) is 6.92 Å². The molecule has 0 radical (unpaired) electrons. The third kappa shape index (κ3) is 2.36. The zero-order chi connectivity index (χ0) is 13.2. The monoisotopic (exact) mass is 315 g/mol. The van der Waals surface area contributed by atoms with Crippen molar-refractivity contribution in [1.82, 2.24) is 15.1 Å². The molecule has 1 aromatic rings. The number of hydrogen-bond acceptors (Lipinski definition) is 3. The summed E-state index contributed by atoms with van der Waals surface area (Å²) in [5.74, 6) is 0. The molecule has 1 fully saturated rings. The maximum atomic E-state index is 5.84. The Balaban J connectivity index is 2.30. The van der Waals surface area contributed by atoms with Crippen molar-refractivity contribution in [2.75, 3.05) is 13.7 Å². The first-order chi connectivity index (χ1) is 8.64. The fraction of sp³-hybridized carbons (Fsp3) is 0.769. The van der Waals surface area contributed by atoms with Gasteiger partial charge in [0.15, 0.2) is 0 Å². The van der Waals surface area contributed by atoms with E-state index in [1.807, 2.05) is 25.0 Å². The Labute approximate surface area is 117 Å².